The second-order valence-corrected chi connectivity index (χ2v) is 10.1. The first-order valence-corrected chi connectivity index (χ1v) is 13.1. The molecule has 0 unspecified atom stereocenters. The Morgan fingerprint density at radius 2 is 0.952 bits per heavy atom. The number of amides is 2. The maximum absolute atomic E-state index is 13.1. The second-order valence-electron chi connectivity index (χ2n) is 9.41. The first kappa shape index (κ1) is 27.0. The number of nitrogens with zero attached hydrogens (tertiary/aromatic N) is 2. The van der Waals surface area contributed by atoms with E-state index in [0.29, 0.717) is 10.8 Å². The maximum Gasteiger partial charge on any atom is 0.347 e. The van der Waals surface area contributed by atoms with Crippen molar-refractivity contribution in [3.63, 3.8) is 0 Å². The summed E-state index contributed by atoms with van der Waals surface area (Å²) in [6.45, 7) is 0. The molecular formula is C30H18Cl2N4O6. The third-order valence-corrected chi connectivity index (χ3v) is 7.40. The van der Waals surface area contributed by atoms with Crippen LogP contribution in [0.4, 0.5) is 0 Å². The van der Waals surface area contributed by atoms with E-state index in [-0.39, 0.29) is 21.1 Å². The van der Waals surface area contributed by atoms with E-state index < -0.39 is 46.8 Å². The molecule has 0 bridgehead atoms. The van der Waals surface area contributed by atoms with Crippen LogP contribution in [0, 0.1) is 0 Å². The van der Waals surface area contributed by atoms with Crippen LogP contribution in [-0.4, -0.2) is 49.2 Å². The molecule has 2 amide bonds. The van der Waals surface area contributed by atoms with Gasteiger partial charge in [-0.15, -0.1) is 0 Å². The highest BCUT2D eigenvalue weighted by molar-refractivity contribution is 6.36. The molecular weight excluding hydrogens is 583 g/mol. The van der Waals surface area contributed by atoms with Crippen LogP contribution in [0.25, 0.3) is 43.1 Å². The summed E-state index contributed by atoms with van der Waals surface area (Å²) in [6.07, 6.45) is -2.01. The van der Waals surface area contributed by atoms with Gasteiger partial charge in [0.1, 0.15) is 10.3 Å². The second kappa shape index (κ2) is 10.3. The van der Waals surface area contributed by atoms with E-state index in [2.05, 4.69) is 20.6 Å². The van der Waals surface area contributed by atoms with E-state index in [1.807, 2.05) is 36.4 Å². The molecule has 5 N–H and O–H groups in total. The summed E-state index contributed by atoms with van der Waals surface area (Å²) in [6, 6.07) is 21.3. The third kappa shape index (κ3) is 4.62. The van der Waals surface area contributed by atoms with Crippen LogP contribution in [0.3, 0.4) is 0 Å². The molecule has 0 atom stereocenters. The number of aromatic nitrogens is 2. The summed E-state index contributed by atoms with van der Waals surface area (Å²) in [4.78, 5) is 46.1. The van der Waals surface area contributed by atoms with Crippen molar-refractivity contribution in [3.8, 4) is 11.5 Å². The first-order valence-electron chi connectivity index (χ1n) is 12.4. The molecule has 0 saturated carbocycles. The Hall–Kier alpha value is -5.19. The molecule has 0 fully saturated rings. The van der Waals surface area contributed by atoms with Crippen molar-refractivity contribution in [2.24, 2.45) is 0 Å². The molecule has 6 rings (SSSR count). The van der Waals surface area contributed by atoms with Crippen molar-refractivity contribution in [1.82, 2.24) is 20.6 Å². The number of carboxylic acids is 1. The lowest BCUT2D eigenvalue weighted by Gasteiger charge is -2.17. The van der Waals surface area contributed by atoms with Gasteiger partial charge >= 0.3 is 5.97 Å². The van der Waals surface area contributed by atoms with Gasteiger partial charge in [0.25, 0.3) is 11.8 Å². The number of pyridine rings is 2. The molecule has 12 heteroatoms. The van der Waals surface area contributed by atoms with Crippen LogP contribution in [0.15, 0.2) is 72.8 Å². The van der Waals surface area contributed by atoms with E-state index in [1.54, 1.807) is 36.4 Å². The Morgan fingerprint density at radius 1 is 0.619 bits per heavy atom. The number of hydrogen-bond acceptors (Lipinski definition) is 7. The number of carbonyl (C=O) groups excluding carboxylic acids is 2. The Morgan fingerprint density at radius 3 is 1.29 bits per heavy atom. The summed E-state index contributed by atoms with van der Waals surface area (Å²) >= 11 is 12.6. The van der Waals surface area contributed by atoms with Crippen LogP contribution in [-0.2, 0) is 4.79 Å². The average molecular weight is 601 g/mol. The quantitative estimate of drug-likeness (QED) is 0.100. The Labute approximate surface area is 246 Å². The average Bonchev–Trinajstić information content (AvgIpc) is 2.98. The molecule has 2 heterocycles. The predicted octanol–water partition coefficient (Wildman–Crippen LogP) is 5.38. The van der Waals surface area contributed by atoms with Gasteiger partial charge in [0.15, 0.2) is 22.9 Å². The summed E-state index contributed by atoms with van der Waals surface area (Å²) in [7, 11) is 0. The molecule has 0 aliphatic carbocycles. The lowest BCUT2D eigenvalue weighted by Crippen LogP contribution is -2.53. The van der Waals surface area contributed by atoms with Crippen molar-refractivity contribution < 1.29 is 29.7 Å². The fraction of sp³-hybridized carbons (Fsp3) is 0.0333. The topological polar surface area (TPSA) is 162 Å². The molecule has 0 aliphatic rings. The number of fused-ring (bicyclic) bond motifs is 4. The molecule has 208 valence electrons. The minimum atomic E-state index is -2.01. The number of hydrogen-bond donors (Lipinski definition) is 5. The van der Waals surface area contributed by atoms with E-state index >= 15 is 0 Å². The zero-order chi connectivity index (χ0) is 29.7. The first-order chi connectivity index (χ1) is 20.1. The van der Waals surface area contributed by atoms with Gasteiger partial charge in [-0.2, -0.15) is 0 Å². The molecule has 6 aromatic rings. The molecule has 0 radical (unpaired) electrons. The number of nitrogens with one attached hydrogen (secondary N) is 2. The Kier molecular flexibility index (Phi) is 6.64. The van der Waals surface area contributed by atoms with Crippen LogP contribution in [0.5, 0.6) is 11.5 Å². The van der Waals surface area contributed by atoms with Crippen molar-refractivity contribution in [3.05, 3.63) is 94.5 Å². The molecule has 0 saturated heterocycles. The number of halogens is 2. The summed E-state index contributed by atoms with van der Waals surface area (Å²) < 4.78 is 0. The summed E-state index contributed by atoms with van der Waals surface area (Å²) in [5, 5.41) is 39.9. The van der Waals surface area contributed by atoms with Crippen molar-refractivity contribution >= 4 is 84.1 Å². The predicted molar refractivity (Wildman–Crippen MR) is 158 cm³/mol. The highest BCUT2D eigenvalue weighted by atomic mass is 35.5. The molecule has 10 nitrogen and oxygen atoms in total. The van der Waals surface area contributed by atoms with Crippen molar-refractivity contribution in [2.75, 3.05) is 0 Å². The minimum absolute atomic E-state index is 0.0953. The number of aromatic hydroxyl groups is 2. The molecule has 0 aliphatic heterocycles. The monoisotopic (exact) mass is 600 g/mol. The van der Waals surface area contributed by atoms with E-state index in [0.717, 1.165) is 21.5 Å². The number of rotatable bonds is 5. The number of carboxylic acid groups (broad SMARTS) is 1. The molecule has 4 aromatic carbocycles. The van der Waals surface area contributed by atoms with Crippen LogP contribution >= 0.6 is 23.2 Å². The number of aliphatic carboxylic acids is 1. The van der Waals surface area contributed by atoms with Crippen LogP contribution in [0.2, 0.25) is 10.3 Å². The van der Waals surface area contributed by atoms with E-state index in [9.17, 15) is 29.7 Å². The lowest BCUT2D eigenvalue weighted by molar-refractivity contribution is -0.139. The van der Waals surface area contributed by atoms with E-state index in [4.69, 9.17) is 23.2 Å². The van der Waals surface area contributed by atoms with Crippen molar-refractivity contribution in [2.45, 2.75) is 6.17 Å². The third-order valence-electron chi connectivity index (χ3n) is 6.82. The van der Waals surface area contributed by atoms with Gasteiger partial charge in [-0.1, -0.05) is 71.7 Å². The van der Waals surface area contributed by atoms with Gasteiger partial charge in [-0.05, 0) is 45.8 Å². The SMILES string of the molecule is O=C(NC(NC(=O)c1nc(Cl)c2cc3ccccc3cc2c1O)C(=O)O)c1nc(Cl)c2cc3ccccc3cc2c1O. The number of benzene rings is 4. The van der Waals surface area contributed by atoms with Crippen molar-refractivity contribution in [1.29, 1.82) is 0 Å². The number of carbonyl (C=O) groups is 3. The molecule has 0 spiro atoms. The standard InChI is InChI=1S/C30H18Cl2N4O6/c31-25-19-11-15-7-3-1-5-13(15)9-17(19)23(37)21(33-25)28(39)35-27(30(41)42)36-29(40)22-24(38)18-10-14-6-2-4-8-16(14)12-20(18)26(32)34-22/h1-12,27,37-38H,(H,35,39)(H,36,40)(H,41,42). The lowest BCUT2D eigenvalue weighted by atomic mass is 10.0. The minimum Gasteiger partial charge on any atom is -0.505 e. The normalized spacial score (nSPS) is 11.4. The van der Waals surface area contributed by atoms with Crippen LogP contribution in [0.1, 0.15) is 21.0 Å². The van der Waals surface area contributed by atoms with Gasteiger partial charge in [-0.3, -0.25) is 9.59 Å². The maximum atomic E-state index is 13.1. The fourth-order valence-corrected chi connectivity index (χ4v) is 5.25. The highest BCUT2D eigenvalue weighted by Crippen LogP contribution is 2.36. The van der Waals surface area contributed by atoms with Gasteiger partial charge in [0.2, 0.25) is 6.17 Å². The largest absolute Gasteiger partial charge is 0.505 e. The van der Waals surface area contributed by atoms with Gasteiger partial charge in [-0.25, -0.2) is 14.8 Å². The van der Waals surface area contributed by atoms with Crippen LogP contribution < -0.4 is 10.6 Å². The van der Waals surface area contributed by atoms with Gasteiger partial charge < -0.3 is 26.0 Å². The fourth-order valence-electron chi connectivity index (χ4n) is 4.77. The summed E-state index contributed by atoms with van der Waals surface area (Å²) in [5.74, 6) is -4.96. The Bertz CT molecular complexity index is 1990. The zero-order valence-corrected chi connectivity index (χ0v) is 22.7. The smallest absolute Gasteiger partial charge is 0.347 e. The van der Waals surface area contributed by atoms with Gasteiger partial charge in [0.05, 0.1) is 0 Å². The molecule has 2 aromatic heterocycles. The van der Waals surface area contributed by atoms with Gasteiger partial charge in [0, 0.05) is 21.5 Å². The summed E-state index contributed by atoms with van der Waals surface area (Å²) in [5.41, 5.74) is -1.10. The molecule has 42 heavy (non-hydrogen) atoms. The Balaban J connectivity index is 1.31. The highest BCUT2D eigenvalue weighted by Gasteiger charge is 2.29. The zero-order valence-electron chi connectivity index (χ0n) is 21.2. The van der Waals surface area contributed by atoms with E-state index in [1.165, 1.54) is 0 Å².